The third-order valence-electron chi connectivity index (χ3n) is 8.01. The summed E-state index contributed by atoms with van der Waals surface area (Å²) in [6.07, 6.45) is 3.91. The predicted octanol–water partition coefficient (Wildman–Crippen LogP) is 3.14. The number of aromatic nitrogens is 5. The molecule has 0 amide bonds. The average Bonchev–Trinajstić information content (AvgIpc) is 3.54. The van der Waals surface area contributed by atoms with Crippen LogP contribution >= 0.6 is 0 Å². The van der Waals surface area contributed by atoms with Gasteiger partial charge in [-0.25, -0.2) is 4.79 Å². The topological polar surface area (TPSA) is 60.4 Å². The third-order valence-corrected chi connectivity index (χ3v) is 12.4. The summed E-state index contributed by atoms with van der Waals surface area (Å²) in [6, 6.07) is 7.95. The van der Waals surface area contributed by atoms with Gasteiger partial charge >= 0.3 is 11.9 Å². The molecule has 38 heavy (non-hydrogen) atoms. The Morgan fingerprint density at radius 1 is 1.16 bits per heavy atom. The number of nitrogens with zero attached hydrogens (tertiary/aromatic N) is 6. The fourth-order valence-corrected chi connectivity index (χ4v) is 10.1. The summed E-state index contributed by atoms with van der Waals surface area (Å²) >= 11 is 0. The lowest BCUT2D eigenvalue weighted by molar-refractivity contribution is -0.136. The Bertz CT molecular complexity index is 1650. The van der Waals surface area contributed by atoms with Gasteiger partial charge in [-0.1, -0.05) is 24.3 Å². The largest absolute Gasteiger partial charge is 0.418 e. The van der Waals surface area contributed by atoms with E-state index in [9.17, 15) is 18.0 Å². The van der Waals surface area contributed by atoms with Crippen LogP contribution in [0.4, 0.5) is 13.2 Å². The number of fused-ring (bicyclic) bond motifs is 2. The van der Waals surface area contributed by atoms with Gasteiger partial charge in [-0.05, 0) is 60.3 Å². The van der Waals surface area contributed by atoms with E-state index in [2.05, 4.69) is 27.7 Å². The fraction of sp³-hybridized carbons (Fsp3) is 0.370. The van der Waals surface area contributed by atoms with Crippen LogP contribution in [0, 0.1) is 0 Å². The number of imidazole rings is 1. The van der Waals surface area contributed by atoms with Gasteiger partial charge in [0.15, 0.2) is 8.07 Å². The molecular weight excluding hydrogens is 509 g/mol. The zero-order valence-electron chi connectivity index (χ0n) is 21.6. The average molecular weight is 539 g/mol. The SMILES string of the molecule is CC1=CCCN(Cc2cc(C(F)(F)F)c3cn(-c4ccc5c(c4)[Si@@](C)(c4nncn4C)CC5)c(=O)n3c2)C1. The molecule has 1 atom stereocenters. The van der Waals surface area contributed by atoms with Crippen LogP contribution in [0.2, 0.25) is 12.6 Å². The van der Waals surface area contributed by atoms with Crippen LogP contribution in [0.15, 0.2) is 59.4 Å². The van der Waals surface area contributed by atoms with Gasteiger partial charge in [0.05, 0.1) is 16.8 Å². The Hall–Kier alpha value is -3.44. The van der Waals surface area contributed by atoms with Crippen LogP contribution in [-0.2, 0) is 26.2 Å². The zero-order valence-corrected chi connectivity index (χ0v) is 22.6. The lowest BCUT2D eigenvalue weighted by Crippen LogP contribution is -2.57. The molecule has 7 nitrogen and oxygen atoms in total. The normalized spacial score (nSPS) is 20.2. The minimum absolute atomic E-state index is 0.144. The molecule has 2 aliphatic rings. The van der Waals surface area contributed by atoms with Crippen LogP contribution in [0.1, 0.15) is 30.0 Å². The predicted molar refractivity (Wildman–Crippen MR) is 142 cm³/mol. The maximum absolute atomic E-state index is 14.2. The van der Waals surface area contributed by atoms with E-state index in [4.69, 9.17) is 0 Å². The molecule has 0 saturated heterocycles. The number of pyridine rings is 1. The molecule has 0 radical (unpaired) electrons. The van der Waals surface area contributed by atoms with Crippen molar-refractivity contribution in [2.75, 3.05) is 13.1 Å². The van der Waals surface area contributed by atoms with Crippen LogP contribution in [0.25, 0.3) is 11.2 Å². The van der Waals surface area contributed by atoms with E-state index < -0.39 is 25.5 Å². The van der Waals surface area contributed by atoms with Gasteiger partial charge < -0.3 is 4.57 Å². The van der Waals surface area contributed by atoms with E-state index in [-0.39, 0.29) is 5.52 Å². The first-order valence-electron chi connectivity index (χ1n) is 12.7. The maximum Gasteiger partial charge on any atom is 0.418 e. The molecule has 0 unspecified atom stereocenters. The van der Waals surface area contributed by atoms with Crippen molar-refractivity contribution in [3.8, 4) is 5.69 Å². The van der Waals surface area contributed by atoms with Crippen LogP contribution in [-0.4, -0.2) is 49.8 Å². The van der Waals surface area contributed by atoms with Crippen molar-refractivity contribution in [2.24, 2.45) is 7.05 Å². The number of halogens is 3. The monoisotopic (exact) mass is 538 g/mol. The molecule has 11 heteroatoms. The first-order chi connectivity index (χ1) is 18.0. The standard InChI is InChI=1S/C27H29F3N6OSi/c1-18-5-4-9-34(13-18)14-19-11-22(27(28,29)30)23-16-35(26(37)36(23)15-19)21-7-6-20-8-10-38(3,24(20)12-21)25-32-31-17-33(25)2/h5-7,11-12,15-17H,4,8-10,13-14H2,1-3H3/t38-/m0/s1. The molecule has 0 fully saturated rings. The number of aryl methyl sites for hydroxylation is 2. The second kappa shape index (κ2) is 8.81. The van der Waals surface area contributed by atoms with Crippen molar-refractivity contribution in [3.05, 3.63) is 81.8 Å². The molecule has 5 heterocycles. The van der Waals surface area contributed by atoms with Crippen molar-refractivity contribution >= 4 is 24.2 Å². The number of alkyl halides is 3. The molecule has 4 aromatic rings. The van der Waals surface area contributed by atoms with Crippen molar-refractivity contribution < 1.29 is 13.2 Å². The Kier molecular flexibility index (Phi) is 5.76. The first-order valence-corrected chi connectivity index (χ1v) is 15.5. The summed E-state index contributed by atoms with van der Waals surface area (Å²) in [5.74, 6) is 0. The van der Waals surface area contributed by atoms with Gasteiger partial charge in [0.1, 0.15) is 11.8 Å². The minimum Gasteiger partial charge on any atom is -0.325 e. The summed E-state index contributed by atoms with van der Waals surface area (Å²) in [6.45, 7) is 6.09. The van der Waals surface area contributed by atoms with Gasteiger partial charge in [0, 0.05) is 39.1 Å². The van der Waals surface area contributed by atoms with Gasteiger partial charge in [0.2, 0.25) is 0 Å². The van der Waals surface area contributed by atoms with E-state index >= 15 is 0 Å². The van der Waals surface area contributed by atoms with Gasteiger partial charge in [0.25, 0.3) is 0 Å². The molecule has 6 rings (SSSR count). The van der Waals surface area contributed by atoms with Crippen molar-refractivity contribution in [1.82, 2.24) is 28.6 Å². The van der Waals surface area contributed by atoms with Crippen LogP contribution < -0.4 is 16.3 Å². The van der Waals surface area contributed by atoms with Crippen molar-refractivity contribution in [3.63, 3.8) is 0 Å². The highest BCUT2D eigenvalue weighted by Crippen LogP contribution is 2.34. The molecule has 2 aliphatic heterocycles. The third kappa shape index (κ3) is 4.04. The number of hydrogen-bond acceptors (Lipinski definition) is 4. The Morgan fingerprint density at radius 2 is 1.97 bits per heavy atom. The number of benzene rings is 1. The Morgan fingerprint density at radius 3 is 2.68 bits per heavy atom. The van der Waals surface area contributed by atoms with E-state index in [0.29, 0.717) is 24.3 Å². The highest BCUT2D eigenvalue weighted by Gasteiger charge is 2.42. The number of hydrogen-bond donors (Lipinski definition) is 0. The highest BCUT2D eigenvalue weighted by molar-refractivity contribution is 7.01. The van der Waals surface area contributed by atoms with Crippen LogP contribution in [0.5, 0.6) is 0 Å². The molecule has 1 aromatic carbocycles. The van der Waals surface area contributed by atoms with E-state index in [1.807, 2.05) is 36.7 Å². The quantitative estimate of drug-likeness (QED) is 0.296. The second-order valence-corrected chi connectivity index (χ2v) is 14.9. The summed E-state index contributed by atoms with van der Waals surface area (Å²) in [7, 11) is -0.271. The van der Waals surface area contributed by atoms with E-state index in [1.165, 1.54) is 28.0 Å². The van der Waals surface area contributed by atoms with E-state index in [0.717, 1.165) is 40.5 Å². The summed E-state index contributed by atoms with van der Waals surface area (Å²) < 4.78 is 47.0. The maximum atomic E-state index is 14.2. The van der Waals surface area contributed by atoms with Gasteiger partial charge in [-0.3, -0.25) is 13.9 Å². The van der Waals surface area contributed by atoms with Crippen LogP contribution in [0.3, 0.4) is 0 Å². The molecule has 0 aliphatic carbocycles. The van der Waals surface area contributed by atoms with E-state index in [1.54, 1.807) is 12.5 Å². The lowest BCUT2D eigenvalue weighted by Gasteiger charge is -2.26. The fourth-order valence-electron chi connectivity index (χ4n) is 6.11. The summed E-state index contributed by atoms with van der Waals surface area (Å²) in [4.78, 5) is 15.7. The second-order valence-electron chi connectivity index (χ2n) is 10.8. The summed E-state index contributed by atoms with van der Waals surface area (Å²) in [5.41, 5.74) is 2.93. The molecule has 0 bridgehead atoms. The molecule has 0 saturated carbocycles. The Balaban J connectivity index is 1.46. The minimum atomic E-state index is -4.59. The molecular formula is C27H29F3N6OSi. The first kappa shape index (κ1) is 24.9. The number of rotatable bonds is 4. The van der Waals surface area contributed by atoms with Crippen molar-refractivity contribution in [2.45, 2.75) is 45.1 Å². The van der Waals surface area contributed by atoms with Gasteiger partial charge in [-0.15, -0.1) is 10.2 Å². The molecule has 3 aromatic heterocycles. The highest BCUT2D eigenvalue weighted by atomic mass is 28.3. The lowest BCUT2D eigenvalue weighted by atomic mass is 10.1. The van der Waals surface area contributed by atoms with Gasteiger partial charge in [-0.2, -0.15) is 13.2 Å². The van der Waals surface area contributed by atoms with Crippen molar-refractivity contribution in [1.29, 1.82) is 0 Å². The summed E-state index contributed by atoms with van der Waals surface area (Å²) in [5, 5.41) is 9.62. The Labute approximate surface area is 218 Å². The molecule has 0 N–H and O–H groups in total. The molecule has 198 valence electrons. The smallest absolute Gasteiger partial charge is 0.325 e. The zero-order chi connectivity index (χ0) is 26.8. The molecule has 0 spiro atoms.